The molecule has 1 aliphatic rings. The molecule has 20 heavy (non-hydrogen) atoms. The molecule has 1 aliphatic heterocycles. The van der Waals surface area contributed by atoms with Crippen molar-refractivity contribution in [2.24, 2.45) is 0 Å². The number of para-hydroxylation sites is 1. The Bertz CT molecular complexity index is 444. The van der Waals surface area contributed by atoms with Crippen LogP contribution in [0.2, 0.25) is 0 Å². The average molecular weight is 277 g/mol. The van der Waals surface area contributed by atoms with E-state index in [1.54, 1.807) is 0 Å². The van der Waals surface area contributed by atoms with Gasteiger partial charge in [-0.05, 0) is 31.5 Å². The molecular formula is C15H23N3O2. The van der Waals surface area contributed by atoms with E-state index in [4.69, 9.17) is 4.74 Å². The smallest absolute Gasteiger partial charge is 0.319 e. The molecule has 0 saturated carbocycles. The Morgan fingerprint density at radius 3 is 2.95 bits per heavy atom. The standard InChI is InChI=1S/C15H23N3O2/c1-3-16-11(2)13-6-4-5-7-14(13)18-15(19)17-12-8-9-20-10-12/h4-7,11-12,16H,3,8-10H2,1-2H3,(H2,17,18,19). The molecule has 0 aliphatic carbocycles. The number of carbonyl (C=O) groups excluding carboxylic acids is 1. The summed E-state index contributed by atoms with van der Waals surface area (Å²) in [4.78, 5) is 12.0. The van der Waals surface area contributed by atoms with Crippen molar-refractivity contribution in [1.82, 2.24) is 10.6 Å². The minimum Gasteiger partial charge on any atom is -0.379 e. The van der Waals surface area contributed by atoms with Gasteiger partial charge in [0.15, 0.2) is 0 Å². The predicted molar refractivity (Wildman–Crippen MR) is 79.9 cm³/mol. The van der Waals surface area contributed by atoms with E-state index in [1.807, 2.05) is 24.3 Å². The van der Waals surface area contributed by atoms with Gasteiger partial charge in [0.05, 0.1) is 12.6 Å². The molecule has 5 heteroatoms. The van der Waals surface area contributed by atoms with Gasteiger partial charge in [0.1, 0.15) is 0 Å². The summed E-state index contributed by atoms with van der Waals surface area (Å²) in [5.74, 6) is 0. The summed E-state index contributed by atoms with van der Waals surface area (Å²) in [6.45, 7) is 6.37. The fraction of sp³-hybridized carbons (Fsp3) is 0.533. The van der Waals surface area contributed by atoms with Crippen molar-refractivity contribution < 1.29 is 9.53 Å². The van der Waals surface area contributed by atoms with Crippen LogP contribution < -0.4 is 16.0 Å². The van der Waals surface area contributed by atoms with Crippen LogP contribution in [0.5, 0.6) is 0 Å². The number of ether oxygens (including phenoxy) is 1. The van der Waals surface area contributed by atoms with E-state index in [2.05, 4.69) is 29.8 Å². The highest BCUT2D eigenvalue weighted by Crippen LogP contribution is 2.22. The molecule has 0 spiro atoms. The Hall–Kier alpha value is -1.59. The second-order valence-electron chi connectivity index (χ2n) is 5.03. The second-order valence-corrected chi connectivity index (χ2v) is 5.03. The van der Waals surface area contributed by atoms with Crippen LogP contribution in [-0.2, 0) is 4.74 Å². The number of urea groups is 1. The number of amides is 2. The molecule has 2 rings (SSSR count). The van der Waals surface area contributed by atoms with E-state index in [1.165, 1.54) is 0 Å². The number of rotatable bonds is 5. The molecule has 0 radical (unpaired) electrons. The van der Waals surface area contributed by atoms with E-state index >= 15 is 0 Å². The lowest BCUT2D eigenvalue weighted by molar-refractivity contribution is 0.189. The van der Waals surface area contributed by atoms with Crippen molar-refractivity contribution >= 4 is 11.7 Å². The SMILES string of the molecule is CCNC(C)c1ccccc1NC(=O)NC1CCOC1. The van der Waals surface area contributed by atoms with Gasteiger partial charge in [0.2, 0.25) is 0 Å². The molecule has 3 N–H and O–H groups in total. The first-order valence-corrected chi connectivity index (χ1v) is 7.18. The summed E-state index contributed by atoms with van der Waals surface area (Å²) in [5.41, 5.74) is 1.93. The summed E-state index contributed by atoms with van der Waals surface area (Å²) in [7, 11) is 0. The third-order valence-corrected chi connectivity index (χ3v) is 3.45. The monoisotopic (exact) mass is 277 g/mol. The molecule has 0 bridgehead atoms. The Labute approximate surface area is 120 Å². The highest BCUT2D eigenvalue weighted by Gasteiger charge is 2.18. The number of nitrogens with one attached hydrogen (secondary N) is 3. The number of anilines is 1. The fourth-order valence-electron chi connectivity index (χ4n) is 2.40. The summed E-state index contributed by atoms with van der Waals surface area (Å²) in [6, 6.07) is 8.01. The second kappa shape index (κ2) is 7.26. The molecule has 2 amide bonds. The minimum absolute atomic E-state index is 0.119. The van der Waals surface area contributed by atoms with Crippen LogP contribution in [0.25, 0.3) is 0 Å². The van der Waals surface area contributed by atoms with Gasteiger partial charge in [0, 0.05) is 18.3 Å². The summed E-state index contributed by atoms with van der Waals surface area (Å²) in [5, 5.41) is 9.22. The van der Waals surface area contributed by atoms with Crippen molar-refractivity contribution in [3.8, 4) is 0 Å². The van der Waals surface area contributed by atoms with E-state index in [0.29, 0.717) is 6.61 Å². The number of hydrogen-bond donors (Lipinski definition) is 3. The van der Waals surface area contributed by atoms with Crippen LogP contribution in [0, 0.1) is 0 Å². The Balaban J connectivity index is 1.98. The Morgan fingerprint density at radius 2 is 2.25 bits per heavy atom. The van der Waals surface area contributed by atoms with Gasteiger partial charge in [-0.15, -0.1) is 0 Å². The van der Waals surface area contributed by atoms with Crippen LogP contribution in [0.4, 0.5) is 10.5 Å². The average Bonchev–Trinajstić information content (AvgIpc) is 2.92. The van der Waals surface area contributed by atoms with Gasteiger partial charge >= 0.3 is 6.03 Å². The summed E-state index contributed by atoms with van der Waals surface area (Å²) in [6.07, 6.45) is 0.878. The third kappa shape index (κ3) is 3.95. The first kappa shape index (κ1) is 14.8. The molecule has 0 aromatic heterocycles. The molecule has 1 heterocycles. The van der Waals surface area contributed by atoms with Crippen LogP contribution in [0.3, 0.4) is 0 Å². The first-order chi connectivity index (χ1) is 9.70. The van der Waals surface area contributed by atoms with Gasteiger partial charge in [-0.3, -0.25) is 0 Å². The van der Waals surface area contributed by atoms with Crippen molar-refractivity contribution in [2.75, 3.05) is 25.1 Å². The lowest BCUT2D eigenvalue weighted by Gasteiger charge is -2.18. The molecule has 1 fully saturated rings. The number of carbonyl (C=O) groups is 1. The van der Waals surface area contributed by atoms with Crippen LogP contribution >= 0.6 is 0 Å². The Kier molecular flexibility index (Phi) is 5.38. The molecule has 1 saturated heterocycles. The summed E-state index contributed by atoms with van der Waals surface area (Å²) < 4.78 is 5.25. The molecule has 110 valence electrons. The van der Waals surface area contributed by atoms with E-state index in [0.717, 1.165) is 30.8 Å². The zero-order valence-corrected chi connectivity index (χ0v) is 12.1. The third-order valence-electron chi connectivity index (χ3n) is 3.45. The van der Waals surface area contributed by atoms with Gasteiger partial charge in [0.25, 0.3) is 0 Å². The van der Waals surface area contributed by atoms with Crippen molar-refractivity contribution in [2.45, 2.75) is 32.4 Å². The number of benzene rings is 1. The molecule has 1 aromatic carbocycles. The van der Waals surface area contributed by atoms with Crippen LogP contribution in [-0.4, -0.2) is 31.8 Å². The lowest BCUT2D eigenvalue weighted by Crippen LogP contribution is -2.38. The largest absolute Gasteiger partial charge is 0.379 e. The minimum atomic E-state index is -0.170. The normalized spacial score (nSPS) is 19.6. The summed E-state index contributed by atoms with van der Waals surface area (Å²) >= 11 is 0. The zero-order valence-electron chi connectivity index (χ0n) is 12.1. The number of hydrogen-bond acceptors (Lipinski definition) is 3. The predicted octanol–water partition coefficient (Wildman–Crippen LogP) is 2.27. The quantitative estimate of drug-likeness (QED) is 0.773. The maximum Gasteiger partial charge on any atom is 0.319 e. The van der Waals surface area contributed by atoms with Gasteiger partial charge in [-0.25, -0.2) is 4.79 Å². The van der Waals surface area contributed by atoms with Crippen LogP contribution in [0.15, 0.2) is 24.3 Å². The molecule has 2 atom stereocenters. The first-order valence-electron chi connectivity index (χ1n) is 7.18. The van der Waals surface area contributed by atoms with Gasteiger partial charge in [-0.2, -0.15) is 0 Å². The molecular weight excluding hydrogens is 254 g/mol. The maximum atomic E-state index is 12.0. The fourth-order valence-corrected chi connectivity index (χ4v) is 2.40. The van der Waals surface area contributed by atoms with Crippen molar-refractivity contribution in [1.29, 1.82) is 0 Å². The lowest BCUT2D eigenvalue weighted by atomic mass is 10.1. The molecule has 2 unspecified atom stereocenters. The van der Waals surface area contributed by atoms with Crippen LogP contribution in [0.1, 0.15) is 31.9 Å². The highest BCUT2D eigenvalue weighted by atomic mass is 16.5. The Morgan fingerprint density at radius 1 is 1.45 bits per heavy atom. The van der Waals surface area contributed by atoms with Crippen molar-refractivity contribution in [3.63, 3.8) is 0 Å². The van der Waals surface area contributed by atoms with Gasteiger partial charge in [-0.1, -0.05) is 25.1 Å². The van der Waals surface area contributed by atoms with E-state index in [9.17, 15) is 4.79 Å². The molecule has 1 aromatic rings. The van der Waals surface area contributed by atoms with Crippen molar-refractivity contribution in [3.05, 3.63) is 29.8 Å². The molecule has 5 nitrogen and oxygen atoms in total. The van der Waals surface area contributed by atoms with E-state index in [-0.39, 0.29) is 18.1 Å². The zero-order chi connectivity index (χ0) is 14.4. The maximum absolute atomic E-state index is 12.0. The van der Waals surface area contributed by atoms with E-state index < -0.39 is 0 Å². The highest BCUT2D eigenvalue weighted by molar-refractivity contribution is 5.90. The topological polar surface area (TPSA) is 62.4 Å². The van der Waals surface area contributed by atoms with Gasteiger partial charge < -0.3 is 20.7 Å².